The Bertz CT molecular complexity index is 347. The molecular formula is C12H15FO2. The van der Waals surface area contributed by atoms with Crippen molar-refractivity contribution < 1.29 is 13.9 Å². The molecule has 0 aromatic heterocycles. The first kappa shape index (κ1) is 11.7. The predicted octanol–water partition coefficient (Wildman–Crippen LogP) is 3.21. The Morgan fingerprint density at radius 1 is 1.40 bits per heavy atom. The van der Waals surface area contributed by atoms with Gasteiger partial charge in [0.1, 0.15) is 0 Å². The molecule has 0 unspecified atom stereocenters. The van der Waals surface area contributed by atoms with Crippen molar-refractivity contribution in [2.75, 3.05) is 6.61 Å². The van der Waals surface area contributed by atoms with E-state index in [1.54, 1.807) is 13.0 Å². The lowest BCUT2D eigenvalue weighted by molar-refractivity contribution is 0.0987. The molecule has 0 fully saturated rings. The first-order valence-electron chi connectivity index (χ1n) is 5.14. The number of ketones is 1. The van der Waals surface area contributed by atoms with Crippen LogP contribution in [0.5, 0.6) is 5.75 Å². The van der Waals surface area contributed by atoms with Gasteiger partial charge in [0.05, 0.1) is 6.61 Å². The molecule has 0 aliphatic heterocycles. The summed E-state index contributed by atoms with van der Waals surface area (Å²) in [7, 11) is 0. The predicted molar refractivity (Wildman–Crippen MR) is 56.8 cm³/mol. The number of Topliss-reactive ketones (excluding diaryl/α,β-unsaturated/α-hetero) is 1. The van der Waals surface area contributed by atoms with Crippen molar-refractivity contribution in [3.63, 3.8) is 0 Å². The third-order valence-electron chi connectivity index (χ3n) is 2.04. The van der Waals surface area contributed by atoms with Crippen LogP contribution in [0.3, 0.4) is 0 Å². The third kappa shape index (κ3) is 3.05. The van der Waals surface area contributed by atoms with E-state index < -0.39 is 5.82 Å². The van der Waals surface area contributed by atoms with E-state index in [-0.39, 0.29) is 11.5 Å². The van der Waals surface area contributed by atoms with Crippen LogP contribution in [-0.4, -0.2) is 12.4 Å². The molecule has 1 rings (SSSR count). The highest BCUT2D eigenvalue weighted by molar-refractivity contribution is 5.95. The van der Waals surface area contributed by atoms with Gasteiger partial charge in [-0.2, -0.15) is 0 Å². The monoisotopic (exact) mass is 210 g/mol. The van der Waals surface area contributed by atoms with Gasteiger partial charge in [0.2, 0.25) is 0 Å². The zero-order valence-corrected chi connectivity index (χ0v) is 9.05. The summed E-state index contributed by atoms with van der Waals surface area (Å²) in [5.74, 6) is -0.316. The molecule has 0 bridgehead atoms. The Hall–Kier alpha value is -1.38. The summed E-state index contributed by atoms with van der Waals surface area (Å²) in [6.45, 7) is 4.19. The van der Waals surface area contributed by atoms with Crippen molar-refractivity contribution in [3.8, 4) is 5.75 Å². The Kier molecular flexibility index (Phi) is 4.28. The number of benzene rings is 1. The summed E-state index contributed by atoms with van der Waals surface area (Å²) in [5.41, 5.74) is 0.402. The van der Waals surface area contributed by atoms with Gasteiger partial charge in [0.15, 0.2) is 17.3 Å². The fourth-order valence-electron chi connectivity index (χ4n) is 1.21. The van der Waals surface area contributed by atoms with E-state index in [0.29, 0.717) is 18.6 Å². The molecule has 0 spiro atoms. The average molecular weight is 210 g/mol. The van der Waals surface area contributed by atoms with Crippen LogP contribution in [0.2, 0.25) is 0 Å². The van der Waals surface area contributed by atoms with Crippen molar-refractivity contribution in [2.24, 2.45) is 0 Å². The maximum absolute atomic E-state index is 13.4. The number of ether oxygens (including phenoxy) is 1. The van der Waals surface area contributed by atoms with Gasteiger partial charge in [-0.05, 0) is 24.6 Å². The van der Waals surface area contributed by atoms with Gasteiger partial charge < -0.3 is 4.74 Å². The van der Waals surface area contributed by atoms with E-state index in [2.05, 4.69) is 0 Å². The van der Waals surface area contributed by atoms with Gasteiger partial charge in [0, 0.05) is 12.0 Å². The minimum atomic E-state index is -0.470. The largest absolute Gasteiger partial charge is 0.491 e. The van der Waals surface area contributed by atoms with Crippen LogP contribution in [-0.2, 0) is 0 Å². The van der Waals surface area contributed by atoms with Crippen LogP contribution in [0.1, 0.15) is 37.0 Å². The second-order valence-corrected chi connectivity index (χ2v) is 3.27. The smallest absolute Gasteiger partial charge is 0.165 e. The maximum atomic E-state index is 13.4. The van der Waals surface area contributed by atoms with Gasteiger partial charge in [0.25, 0.3) is 0 Å². The van der Waals surface area contributed by atoms with E-state index >= 15 is 0 Å². The lowest BCUT2D eigenvalue weighted by atomic mass is 10.1. The number of hydrogen-bond acceptors (Lipinski definition) is 2. The summed E-state index contributed by atoms with van der Waals surface area (Å²) in [6, 6.07) is 4.34. The van der Waals surface area contributed by atoms with Gasteiger partial charge in [-0.1, -0.05) is 13.8 Å². The molecule has 3 heteroatoms. The van der Waals surface area contributed by atoms with E-state index in [0.717, 1.165) is 6.42 Å². The summed E-state index contributed by atoms with van der Waals surface area (Å²) >= 11 is 0. The van der Waals surface area contributed by atoms with Crippen LogP contribution in [0.15, 0.2) is 18.2 Å². The molecule has 1 aromatic carbocycles. The standard InChI is InChI=1S/C12H15FO2/c1-3-7-15-12-6-5-9(8-10(12)13)11(14)4-2/h5-6,8H,3-4,7H2,1-2H3. The topological polar surface area (TPSA) is 26.3 Å². The van der Waals surface area contributed by atoms with Gasteiger partial charge >= 0.3 is 0 Å². The molecule has 0 heterocycles. The molecule has 0 aliphatic rings. The van der Waals surface area contributed by atoms with E-state index in [1.165, 1.54) is 12.1 Å². The molecular weight excluding hydrogens is 195 g/mol. The molecule has 0 atom stereocenters. The van der Waals surface area contributed by atoms with E-state index in [1.807, 2.05) is 6.92 Å². The number of rotatable bonds is 5. The normalized spacial score (nSPS) is 10.1. The second-order valence-electron chi connectivity index (χ2n) is 3.27. The fourth-order valence-corrected chi connectivity index (χ4v) is 1.21. The molecule has 0 N–H and O–H groups in total. The zero-order valence-electron chi connectivity index (χ0n) is 9.05. The van der Waals surface area contributed by atoms with Crippen molar-refractivity contribution in [1.82, 2.24) is 0 Å². The molecule has 2 nitrogen and oxygen atoms in total. The number of carbonyl (C=O) groups is 1. The Labute approximate surface area is 89.1 Å². The SMILES string of the molecule is CCCOc1ccc(C(=O)CC)cc1F. The summed E-state index contributed by atoms with van der Waals surface area (Å²) in [4.78, 5) is 11.3. The van der Waals surface area contributed by atoms with E-state index in [4.69, 9.17) is 4.74 Å². The van der Waals surface area contributed by atoms with Crippen LogP contribution in [0.4, 0.5) is 4.39 Å². The van der Waals surface area contributed by atoms with Gasteiger partial charge in [-0.25, -0.2) is 4.39 Å². The lowest BCUT2D eigenvalue weighted by Crippen LogP contribution is -2.01. The summed E-state index contributed by atoms with van der Waals surface area (Å²) < 4.78 is 18.6. The van der Waals surface area contributed by atoms with Gasteiger partial charge in [-0.3, -0.25) is 4.79 Å². The van der Waals surface area contributed by atoms with Crippen molar-refractivity contribution in [2.45, 2.75) is 26.7 Å². The number of halogens is 1. The molecule has 0 amide bonds. The van der Waals surface area contributed by atoms with Crippen LogP contribution in [0, 0.1) is 5.82 Å². The molecule has 82 valence electrons. The lowest BCUT2D eigenvalue weighted by Gasteiger charge is -2.06. The minimum Gasteiger partial charge on any atom is -0.491 e. The number of carbonyl (C=O) groups excluding carboxylic acids is 1. The van der Waals surface area contributed by atoms with Crippen LogP contribution >= 0.6 is 0 Å². The minimum absolute atomic E-state index is 0.0593. The highest BCUT2D eigenvalue weighted by Crippen LogP contribution is 2.19. The average Bonchev–Trinajstić information content (AvgIpc) is 2.26. The molecule has 0 saturated carbocycles. The number of hydrogen-bond donors (Lipinski definition) is 0. The highest BCUT2D eigenvalue weighted by Gasteiger charge is 2.08. The van der Waals surface area contributed by atoms with Crippen LogP contribution in [0.25, 0.3) is 0 Å². The first-order chi connectivity index (χ1) is 7.19. The van der Waals surface area contributed by atoms with Gasteiger partial charge in [-0.15, -0.1) is 0 Å². The molecule has 0 saturated heterocycles. The van der Waals surface area contributed by atoms with E-state index in [9.17, 15) is 9.18 Å². The van der Waals surface area contributed by atoms with Crippen molar-refractivity contribution in [1.29, 1.82) is 0 Å². The van der Waals surface area contributed by atoms with Crippen molar-refractivity contribution in [3.05, 3.63) is 29.6 Å². The summed E-state index contributed by atoms with van der Waals surface area (Å²) in [6.07, 6.45) is 1.21. The highest BCUT2D eigenvalue weighted by atomic mass is 19.1. The quantitative estimate of drug-likeness (QED) is 0.697. The molecule has 1 aromatic rings. The Balaban J connectivity index is 2.83. The second kappa shape index (κ2) is 5.49. The Morgan fingerprint density at radius 2 is 2.13 bits per heavy atom. The van der Waals surface area contributed by atoms with Crippen molar-refractivity contribution >= 4 is 5.78 Å². The summed E-state index contributed by atoms with van der Waals surface area (Å²) in [5, 5.41) is 0. The maximum Gasteiger partial charge on any atom is 0.165 e. The molecule has 15 heavy (non-hydrogen) atoms. The first-order valence-corrected chi connectivity index (χ1v) is 5.14. The molecule has 0 radical (unpaired) electrons. The zero-order chi connectivity index (χ0) is 11.3. The Morgan fingerprint density at radius 3 is 2.67 bits per heavy atom. The third-order valence-corrected chi connectivity index (χ3v) is 2.04. The molecule has 0 aliphatic carbocycles. The fraction of sp³-hybridized carbons (Fsp3) is 0.417. The van der Waals surface area contributed by atoms with Crippen LogP contribution < -0.4 is 4.74 Å².